The van der Waals surface area contributed by atoms with Crippen LogP contribution in [0.15, 0.2) is 41.1 Å². The fourth-order valence-corrected chi connectivity index (χ4v) is 4.18. The van der Waals surface area contributed by atoms with Crippen molar-refractivity contribution in [3.05, 3.63) is 41.7 Å². The Morgan fingerprint density at radius 1 is 1.26 bits per heavy atom. The Kier molecular flexibility index (Phi) is 5.38. The molecule has 7 heteroatoms. The second-order valence-corrected chi connectivity index (χ2v) is 7.75. The van der Waals surface area contributed by atoms with Gasteiger partial charge in [0.1, 0.15) is 5.82 Å². The van der Waals surface area contributed by atoms with E-state index in [0.717, 1.165) is 23.0 Å². The van der Waals surface area contributed by atoms with E-state index in [1.54, 1.807) is 4.52 Å². The number of benzene rings is 1. The number of allylic oxidation sites excluding steroid dienone is 1. The van der Waals surface area contributed by atoms with Crippen molar-refractivity contribution in [2.45, 2.75) is 44.2 Å². The molecule has 0 radical (unpaired) electrons. The molecule has 1 aliphatic rings. The van der Waals surface area contributed by atoms with Crippen LogP contribution in [0.2, 0.25) is 0 Å². The van der Waals surface area contributed by atoms with Crippen LogP contribution in [0.1, 0.15) is 37.9 Å². The average Bonchev–Trinajstić information content (AvgIpc) is 3.09. The predicted octanol–water partition coefficient (Wildman–Crippen LogP) is 3.68. The number of thioether (sulfide) groups is 1. The van der Waals surface area contributed by atoms with Crippen LogP contribution >= 0.6 is 11.8 Å². The number of nitrogens with one attached hydrogen (secondary N) is 1. The molecule has 2 aromatic heterocycles. The lowest BCUT2D eigenvalue weighted by Crippen LogP contribution is -2.26. The summed E-state index contributed by atoms with van der Waals surface area (Å²) >= 11 is 1.39. The van der Waals surface area contributed by atoms with Gasteiger partial charge in [0.05, 0.1) is 11.3 Å². The number of aromatic nitrogens is 4. The monoisotopic (exact) mass is 381 g/mol. The molecule has 0 bridgehead atoms. The molecule has 2 heterocycles. The first-order chi connectivity index (χ1) is 13.2. The summed E-state index contributed by atoms with van der Waals surface area (Å²) in [5, 5.41) is 9.12. The standard InChI is InChI=1S/C20H23N5OS/c1-14-22-19-16-9-5-6-10-17(16)23-20(25(19)24-14)27-13-18(26)21-12-11-15-7-3-2-4-8-15/h5-7,9-10H,2-4,8,11-13H2,1H3,(H,21,26). The molecule has 0 fully saturated rings. The molecular weight excluding hydrogens is 358 g/mol. The number of nitrogens with zero attached hydrogens (tertiary/aromatic N) is 4. The first-order valence-corrected chi connectivity index (χ1v) is 10.4. The number of fused-ring (bicyclic) bond motifs is 3. The van der Waals surface area contributed by atoms with Gasteiger partial charge in [-0.15, -0.1) is 5.10 Å². The molecule has 0 spiro atoms. The van der Waals surface area contributed by atoms with E-state index in [-0.39, 0.29) is 5.91 Å². The summed E-state index contributed by atoms with van der Waals surface area (Å²) in [7, 11) is 0. The van der Waals surface area contributed by atoms with E-state index in [0.29, 0.717) is 23.3 Å². The molecule has 1 N–H and O–H groups in total. The Balaban J connectivity index is 1.42. The third kappa shape index (κ3) is 4.13. The maximum atomic E-state index is 12.2. The highest BCUT2D eigenvalue weighted by Crippen LogP contribution is 2.24. The lowest BCUT2D eigenvalue weighted by atomic mass is 9.97. The third-order valence-corrected chi connectivity index (χ3v) is 5.67. The minimum absolute atomic E-state index is 0.0244. The molecule has 0 saturated carbocycles. The van der Waals surface area contributed by atoms with Gasteiger partial charge in [0.2, 0.25) is 5.91 Å². The lowest BCUT2D eigenvalue weighted by Gasteiger charge is -2.13. The zero-order valence-electron chi connectivity index (χ0n) is 15.4. The van der Waals surface area contributed by atoms with Crippen molar-refractivity contribution in [1.82, 2.24) is 24.9 Å². The van der Waals surface area contributed by atoms with Crippen LogP contribution in [0, 0.1) is 6.92 Å². The summed E-state index contributed by atoms with van der Waals surface area (Å²) in [6.07, 6.45) is 8.21. The molecule has 1 aromatic carbocycles. The average molecular weight is 382 g/mol. The van der Waals surface area contributed by atoms with Crippen molar-refractivity contribution in [3.63, 3.8) is 0 Å². The second-order valence-electron chi connectivity index (χ2n) is 6.80. The topological polar surface area (TPSA) is 72.2 Å². The van der Waals surface area contributed by atoms with Crippen LogP contribution in [0.25, 0.3) is 16.6 Å². The molecule has 6 nitrogen and oxygen atoms in total. The highest BCUT2D eigenvalue weighted by atomic mass is 32.2. The van der Waals surface area contributed by atoms with Gasteiger partial charge in [0.15, 0.2) is 10.8 Å². The van der Waals surface area contributed by atoms with E-state index < -0.39 is 0 Å². The summed E-state index contributed by atoms with van der Waals surface area (Å²) in [4.78, 5) is 21.4. The molecule has 4 rings (SSSR count). The van der Waals surface area contributed by atoms with E-state index in [9.17, 15) is 4.79 Å². The molecule has 1 aliphatic carbocycles. The number of para-hydroxylation sites is 1. The van der Waals surface area contributed by atoms with Gasteiger partial charge in [-0.25, -0.2) is 9.97 Å². The first kappa shape index (κ1) is 18.0. The van der Waals surface area contributed by atoms with Crippen LogP contribution in [-0.2, 0) is 4.79 Å². The normalized spacial score (nSPS) is 14.5. The SMILES string of the molecule is Cc1nc2c3ccccc3nc(SCC(=O)NCCC3=CCCCC3)n2n1. The Morgan fingerprint density at radius 2 is 2.15 bits per heavy atom. The van der Waals surface area contributed by atoms with E-state index in [4.69, 9.17) is 0 Å². The number of hydrogen-bond donors (Lipinski definition) is 1. The number of carbonyl (C=O) groups excluding carboxylic acids is 1. The Morgan fingerprint density at radius 3 is 3.00 bits per heavy atom. The summed E-state index contributed by atoms with van der Waals surface area (Å²) in [5.74, 6) is 1.04. The van der Waals surface area contributed by atoms with E-state index >= 15 is 0 Å². The molecule has 0 saturated heterocycles. The van der Waals surface area contributed by atoms with Gasteiger partial charge >= 0.3 is 0 Å². The maximum Gasteiger partial charge on any atom is 0.230 e. The van der Waals surface area contributed by atoms with Crippen molar-refractivity contribution in [1.29, 1.82) is 0 Å². The van der Waals surface area contributed by atoms with E-state index in [2.05, 4.69) is 26.5 Å². The number of aryl methyl sites for hydroxylation is 1. The Bertz CT molecular complexity index is 1010. The van der Waals surface area contributed by atoms with Crippen molar-refractivity contribution in [2.75, 3.05) is 12.3 Å². The Labute approximate surface area is 162 Å². The molecule has 3 aromatic rings. The van der Waals surface area contributed by atoms with Gasteiger partial charge in [-0.1, -0.05) is 35.5 Å². The van der Waals surface area contributed by atoms with Crippen LogP contribution in [0.3, 0.4) is 0 Å². The van der Waals surface area contributed by atoms with Gasteiger partial charge in [0.25, 0.3) is 0 Å². The van der Waals surface area contributed by atoms with Crippen molar-refractivity contribution in [3.8, 4) is 0 Å². The molecule has 27 heavy (non-hydrogen) atoms. The smallest absolute Gasteiger partial charge is 0.230 e. The first-order valence-electron chi connectivity index (χ1n) is 9.40. The highest BCUT2D eigenvalue weighted by molar-refractivity contribution is 7.99. The molecule has 140 valence electrons. The third-order valence-electron chi connectivity index (χ3n) is 4.74. The van der Waals surface area contributed by atoms with Gasteiger partial charge in [0, 0.05) is 11.9 Å². The summed E-state index contributed by atoms with van der Waals surface area (Å²) in [6.45, 7) is 2.57. The van der Waals surface area contributed by atoms with Gasteiger partial charge in [-0.2, -0.15) is 4.52 Å². The van der Waals surface area contributed by atoms with Crippen molar-refractivity contribution < 1.29 is 4.79 Å². The predicted molar refractivity (Wildman–Crippen MR) is 108 cm³/mol. The molecule has 1 amide bonds. The lowest BCUT2D eigenvalue weighted by molar-refractivity contribution is -0.118. The zero-order valence-corrected chi connectivity index (χ0v) is 16.3. The van der Waals surface area contributed by atoms with Crippen molar-refractivity contribution >= 4 is 34.2 Å². The number of rotatable bonds is 6. The Hall–Kier alpha value is -2.41. The summed E-state index contributed by atoms with van der Waals surface area (Å²) < 4.78 is 1.74. The van der Waals surface area contributed by atoms with Crippen LogP contribution in [0.4, 0.5) is 0 Å². The van der Waals surface area contributed by atoms with Gasteiger partial charge < -0.3 is 5.32 Å². The summed E-state index contributed by atoms with van der Waals surface area (Å²) in [5.41, 5.74) is 3.12. The minimum atomic E-state index is 0.0244. The van der Waals surface area contributed by atoms with E-state index in [1.165, 1.54) is 43.0 Å². The van der Waals surface area contributed by atoms with Crippen molar-refractivity contribution in [2.24, 2.45) is 0 Å². The zero-order chi connectivity index (χ0) is 18.6. The number of hydrogen-bond acceptors (Lipinski definition) is 5. The minimum Gasteiger partial charge on any atom is -0.355 e. The number of amides is 1. The van der Waals surface area contributed by atoms with Crippen LogP contribution < -0.4 is 5.32 Å². The highest BCUT2D eigenvalue weighted by Gasteiger charge is 2.13. The number of carbonyl (C=O) groups is 1. The van der Waals surface area contributed by atoms with Crippen LogP contribution in [-0.4, -0.2) is 37.8 Å². The fourth-order valence-electron chi connectivity index (χ4n) is 3.40. The summed E-state index contributed by atoms with van der Waals surface area (Å²) in [6, 6.07) is 7.88. The largest absolute Gasteiger partial charge is 0.355 e. The quantitative estimate of drug-likeness (QED) is 0.401. The van der Waals surface area contributed by atoms with Gasteiger partial charge in [-0.05, 0) is 51.2 Å². The fraction of sp³-hybridized carbons (Fsp3) is 0.400. The molecule has 0 aliphatic heterocycles. The van der Waals surface area contributed by atoms with Gasteiger partial charge in [-0.3, -0.25) is 4.79 Å². The van der Waals surface area contributed by atoms with Crippen LogP contribution in [0.5, 0.6) is 0 Å². The molecule has 0 atom stereocenters. The molecular formula is C20H23N5OS. The van der Waals surface area contributed by atoms with E-state index in [1.807, 2.05) is 31.2 Å². The molecule has 0 unspecified atom stereocenters. The maximum absolute atomic E-state index is 12.2. The second kappa shape index (κ2) is 8.08.